The largest absolute Gasteiger partial charge is 0.455 e. The summed E-state index contributed by atoms with van der Waals surface area (Å²) in [7, 11) is 0. The van der Waals surface area contributed by atoms with E-state index >= 15 is 0 Å². The number of hydrazone groups is 1. The Hall–Kier alpha value is -3.26. The maximum absolute atomic E-state index is 12.9. The van der Waals surface area contributed by atoms with Crippen LogP contribution in [0, 0.1) is 45.6 Å². The molecule has 9 heteroatoms. The minimum Gasteiger partial charge on any atom is -0.455 e. The molecule has 7 rings (SSSR count). The molecule has 31 heavy (non-hydrogen) atoms. The van der Waals surface area contributed by atoms with Crippen LogP contribution in [0.25, 0.3) is 11.3 Å². The lowest BCUT2D eigenvalue weighted by molar-refractivity contribution is -0.384. The van der Waals surface area contributed by atoms with Gasteiger partial charge in [-0.2, -0.15) is 10.1 Å². The second kappa shape index (κ2) is 6.37. The summed E-state index contributed by atoms with van der Waals surface area (Å²) >= 11 is 5.86. The lowest BCUT2D eigenvalue weighted by Crippen LogP contribution is -2.40. The Kier molecular flexibility index (Phi) is 3.80. The predicted molar refractivity (Wildman–Crippen MR) is 110 cm³/mol. The summed E-state index contributed by atoms with van der Waals surface area (Å²) in [6.45, 7) is 0. The van der Waals surface area contributed by atoms with Crippen molar-refractivity contribution in [2.24, 2.45) is 40.6 Å². The predicted octanol–water partition coefficient (Wildman–Crippen LogP) is 3.90. The van der Waals surface area contributed by atoms with Gasteiger partial charge in [0.15, 0.2) is 0 Å². The highest BCUT2D eigenvalue weighted by Crippen LogP contribution is 2.65. The van der Waals surface area contributed by atoms with Gasteiger partial charge in [0.05, 0.1) is 28.5 Å². The van der Waals surface area contributed by atoms with E-state index in [4.69, 9.17) is 16.0 Å². The second-order valence-electron chi connectivity index (χ2n) is 8.51. The first-order chi connectivity index (χ1) is 14.9. The molecule has 2 aromatic rings. The van der Waals surface area contributed by atoms with Crippen molar-refractivity contribution < 1.29 is 18.9 Å². The molecule has 0 radical (unpaired) electrons. The second-order valence-corrected chi connectivity index (χ2v) is 8.94. The number of hydrogen-bond acceptors (Lipinski definition) is 6. The first kappa shape index (κ1) is 18.5. The van der Waals surface area contributed by atoms with Crippen LogP contribution in [0.3, 0.4) is 0 Å². The Bertz CT molecular complexity index is 1180. The fourth-order valence-electron chi connectivity index (χ4n) is 5.60. The topological polar surface area (TPSA) is 106 Å². The molecule has 0 N–H and O–H groups in total. The molecular formula is C22H16ClN3O5. The third-order valence-corrected chi connectivity index (χ3v) is 7.22. The molecule has 8 nitrogen and oxygen atoms in total. The number of furan rings is 1. The van der Waals surface area contributed by atoms with Crippen molar-refractivity contribution in [2.45, 2.75) is 6.42 Å². The van der Waals surface area contributed by atoms with Gasteiger partial charge in [-0.05, 0) is 54.4 Å². The highest BCUT2D eigenvalue weighted by molar-refractivity contribution is 6.30. The molecule has 6 unspecified atom stereocenters. The monoisotopic (exact) mass is 437 g/mol. The van der Waals surface area contributed by atoms with Crippen molar-refractivity contribution in [3.63, 3.8) is 0 Å². The zero-order chi connectivity index (χ0) is 21.4. The molecule has 156 valence electrons. The van der Waals surface area contributed by atoms with Crippen molar-refractivity contribution >= 4 is 35.3 Å². The summed E-state index contributed by atoms with van der Waals surface area (Å²) < 4.78 is 5.67. The lowest BCUT2D eigenvalue weighted by atomic mass is 9.63. The smallest absolute Gasteiger partial charge is 0.281 e. The van der Waals surface area contributed by atoms with Crippen LogP contribution in [0.1, 0.15) is 12.2 Å². The number of nitrogens with zero attached hydrogens (tertiary/aromatic N) is 3. The van der Waals surface area contributed by atoms with E-state index in [0.717, 1.165) is 11.4 Å². The minimum absolute atomic E-state index is 0.136. The highest BCUT2D eigenvalue weighted by Gasteiger charge is 2.67. The van der Waals surface area contributed by atoms with Gasteiger partial charge in [0.1, 0.15) is 11.5 Å². The number of carbonyl (C=O) groups is 2. The van der Waals surface area contributed by atoms with Crippen molar-refractivity contribution in [2.75, 3.05) is 0 Å². The first-order valence-electron chi connectivity index (χ1n) is 10.1. The van der Waals surface area contributed by atoms with Crippen molar-refractivity contribution in [3.05, 3.63) is 63.4 Å². The Balaban J connectivity index is 1.26. The van der Waals surface area contributed by atoms with Gasteiger partial charge in [0.25, 0.3) is 17.5 Å². The van der Waals surface area contributed by atoms with Crippen LogP contribution >= 0.6 is 11.6 Å². The van der Waals surface area contributed by atoms with E-state index < -0.39 is 4.92 Å². The third-order valence-electron chi connectivity index (χ3n) is 6.99. The average Bonchev–Trinajstić information content (AvgIpc) is 3.39. The molecule has 1 aromatic carbocycles. The van der Waals surface area contributed by atoms with Crippen LogP contribution < -0.4 is 0 Å². The summed E-state index contributed by atoms with van der Waals surface area (Å²) in [5.41, 5.74) is 0.0936. The normalized spacial score (nSPS) is 32.6. The van der Waals surface area contributed by atoms with E-state index in [9.17, 15) is 19.7 Å². The van der Waals surface area contributed by atoms with Gasteiger partial charge in [-0.1, -0.05) is 23.8 Å². The van der Waals surface area contributed by atoms with E-state index in [0.29, 0.717) is 11.8 Å². The van der Waals surface area contributed by atoms with Gasteiger partial charge in [-0.25, -0.2) is 0 Å². The van der Waals surface area contributed by atoms with E-state index in [1.54, 1.807) is 12.1 Å². The van der Waals surface area contributed by atoms with Gasteiger partial charge >= 0.3 is 0 Å². The molecule has 6 atom stereocenters. The Morgan fingerprint density at radius 1 is 1.10 bits per heavy atom. The maximum Gasteiger partial charge on any atom is 0.281 e. The standard InChI is InChI=1S/C22H16ClN3O5/c23-10-1-3-14(17(7-10)26(29)30)18-6-2-11(31-18)9-24-25-21(27)19-12-4-5-13(16-8-15(12)16)20(19)22(25)28/h1-7,9,12-13,15-16,19-20H,8H2/b24-9+. The van der Waals surface area contributed by atoms with E-state index in [2.05, 4.69) is 17.3 Å². The molecule has 0 spiro atoms. The summed E-state index contributed by atoms with van der Waals surface area (Å²) in [5, 5.41) is 16.7. The number of amides is 2. The molecular weight excluding hydrogens is 422 g/mol. The fourth-order valence-corrected chi connectivity index (χ4v) is 5.77. The van der Waals surface area contributed by atoms with Gasteiger partial charge in [0.2, 0.25) is 0 Å². The third kappa shape index (κ3) is 2.64. The molecule has 3 fully saturated rings. The van der Waals surface area contributed by atoms with Crippen molar-refractivity contribution in [3.8, 4) is 11.3 Å². The number of benzene rings is 1. The van der Waals surface area contributed by atoms with Crippen LogP contribution in [0.2, 0.25) is 5.02 Å². The van der Waals surface area contributed by atoms with Crippen LogP contribution in [0.5, 0.6) is 0 Å². The molecule has 1 saturated heterocycles. The minimum atomic E-state index is -0.534. The van der Waals surface area contributed by atoms with Gasteiger partial charge in [0, 0.05) is 11.1 Å². The molecule has 2 bridgehead atoms. The number of halogens is 1. The Morgan fingerprint density at radius 2 is 1.77 bits per heavy atom. The zero-order valence-electron chi connectivity index (χ0n) is 16.1. The number of hydrogen-bond donors (Lipinski definition) is 0. The molecule has 1 aliphatic heterocycles. The number of allylic oxidation sites excluding steroid dienone is 2. The summed E-state index contributed by atoms with van der Waals surface area (Å²) in [5.74, 6) is 0.736. The summed E-state index contributed by atoms with van der Waals surface area (Å²) in [4.78, 5) is 36.7. The molecule has 4 aliphatic carbocycles. The Morgan fingerprint density at radius 3 is 2.42 bits per heavy atom. The van der Waals surface area contributed by atoms with E-state index in [1.165, 1.54) is 24.4 Å². The average molecular weight is 438 g/mol. The summed E-state index contributed by atoms with van der Waals surface area (Å²) in [6.07, 6.45) is 6.62. The Labute approximate surface area is 181 Å². The van der Waals surface area contributed by atoms with Gasteiger partial charge in [-0.3, -0.25) is 19.7 Å². The SMILES string of the molecule is O=C1C2C3C=CC(C4CC34)C2C(=O)N1/N=C/c1ccc(-c2ccc(Cl)cc2[N+](=O)[O-])o1. The first-order valence-corrected chi connectivity index (χ1v) is 10.5. The lowest BCUT2D eigenvalue weighted by Gasteiger charge is -2.37. The number of nitro benzene ring substituents is 1. The van der Waals surface area contributed by atoms with Crippen LogP contribution in [0.4, 0.5) is 5.69 Å². The molecule has 1 aromatic heterocycles. The van der Waals surface area contributed by atoms with Gasteiger partial charge < -0.3 is 4.42 Å². The number of nitro groups is 1. The van der Waals surface area contributed by atoms with Crippen LogP contribution in [-0.2, 0) is 9.59 Å². The summed E-state index contributed by atoms with van der Waals surface area (Å²) in [6, 6.07) is 7.45. The number of imide groups is 1. The molecule has 5 aliphatic rings. The highest BCUT2D eigenvalue weighted by atomic mass is 35.5. The zero-order valence-corrected chi connectivity index (χ0v) is 16.8. The molecule has 2 saturated carbocycles. The molecule has 2 heterocycles. The number of carbonyl (C=O) groups excluding carboxylic acids is 2. The fraction of sp³-hybridized carbons (Fsp3) is 0.318. The van der Waals surface area contributed by atoms with Gasteiger partial charge in [-0.15, -0.1) is 0 Å². The van der Waals surface area contributed by atoms with Crippen LogP contribution in [-0.4, -0.2) is 28.0 Å². The van der Waals surface area contributed by atoms with E-state index in [-0.39, 0.29) is 63.3 Å². The van der Waals surface area contributed by atoms with E-state index in [1.807, 2.05) is 0 Å². The quantitative estimate of drug-likeness (QED) is 0.237. The number of rotatable bonds is 4. The van der Waals surface area contributed by atoms with Crippen molar-refractivity contribution in [1.29, 1.82) is 0 Å². The van der Waals surface area contributed by atoms with Crippen molar-refractivity contribution in [1.82, 2.24) is 5.01 Å². The molecule has 2 amide bonds. The maximum atomic E-state index is 12.9. The van der Waals surface area contributed by atoms with Crippen LogP contribution in [0.15, 0.2) is 52.0 Å².